The van der Waals surface area contributed by atoms with Crippen LogP contribution in [-0.4, -0.2) is 15.8 Å². The van der Waals surface area contributed by atoms with Crippen LogP contribution in [0.25, 0.3) is 0 Å². The first-order chi connectivity index (χ1) is 7.77. The van der Waals surface area contributed by atoms with E-state index in [9.17, 15) is 0 Å². The van der Waals surface area contributed by atoms with Gasteiger partial charge in [-0.15, -0.1) is 0 Å². The van der Waals surface area contributed by atoms with Crippen molar-refractivity contribution in [1.82, 2.24) is 10.4 Å². The predicted molar refractivity (Wildman–Crippen MR) is 68.2 cm³/mol. The number of nitrogens with one attached hydrogen (secondary N) is 1. The zero-order valence-electron chi connectivity index (χ0n) is 8.89. The maximum Gasteiger partial charge on any atom is 0.184 e. The topological polar surface area (TPSA) is 63.3 Å². The Balaban J connectivity index is 2.15. The number of nitrogens with two attached hydrogens (primary N) is 1. The minimum Gasteiger partial charge on any atom is -0.375 e. The molecule has 1 unspecified atom stereocenters. The summed E-state index contributed by atoms with van der Waals surface area (Å²) in [6, 6.07) is 5.95. The summed E-state index contributed by atoms with van der Waals surface area (Å²) in [5.74, 6) is 0.308. The minimum atomic E-state index is 0.208. The van der Waals surface area contributed by atoms with Crippen molar-refractivity contribution in [3.63, 3.8) is 0 Å². The van der Waals surface area contributed by atoms with Crippen molar-refractivity contribution in [1.29, 1.82) is 0 Å². The molecular formula is C11H14N4S. The van der Waals surface area contributed by atoms with Crippen LogP contribution in [0.2, 0.25) is 0 Å². The largest absolute Gasteiger partial charge is 0.375 e. The van der Waals surface area contributed by atoms with Gasteiger partial charge in [0.15, 0.2) is 5.11 Å². The number of hydrogen-bond donors (Lipinski definition) is 2. The molecule has 0 aliphatic heterocycles. The van der Waals surface area contributed by atoms with E-state index in [1.54, 1.807) is 0 Å². The first-order valence-electron chi connectivity index (χ1n) is 5.30. The molecule has 0 saturated heterocycles. The fourth-order valence-electron chi connectivity index (χ4n) is 1.99. The highest BCUT2D eigenvalue weighted by atomic mass is 32.1. The summed E-state index contributed by atoms with van der Waals surface area (Å²) in [6.45, 7) is 0. The summed E-state index contributed by atoms with van der Waals surface area (Å²) >= 11 is 4.73. The zero-order chi connectivity index (χ0) is 11.4. The van der Waals surface area contributed by atoms with Crippen LogP contribution in [0.15, 0.2) is 29.5 Å². The molecule has 1 fully saturated rings. The Bertz CT molecular complexity index is 402. The molecule has 1 aromatic heterocycles. The molecule has 1 saturated carbocycles. The van der Waals surface area contributed by atoms with Gasteiger partial charge in [-0.25, -0.2) is 0 Å². The zero-order valence-corrected chi connectivity index (χ0v) is 9.70. The average molecular weight is 234 g/mol. The second-order valence-electron chi connectivity index (χ2n) is 3.78. The van der Waals surface area contributed by atoms with E-state index in [0.717, 1.165) is 30.7 Å². The number of hydrogen-bond acceptors (Lipinski definition) is 3. The van der Waals surface area contributed by atoms with Gasteiger partial charge in [0.25, 0.3) is 0 Å². The van der Waals surface area contributed by atoms with Crippen LogP contribution in [-0.2, 0) is 0 Å². The third-order valence-corrected chi connectivity index (χ3v) is 2.77. The molecule has 1 aliphatic carbocycles. The monoisotopic (exact) mass is 234 g/mol. The summed E-state index contributed by atoms with van der Waals surface area (Å²) in [5.41, 5.74) is 10.2. The SMILES string of the molecule is NC(=S)N/N=C1\CCCC1c1ccccn1. The number of nitrogens with zero attached hydrogens (tertiary/aromatic N) is 2. The van der Waals surface area contributed by atoms with E-state index in [-0.39, 0.29) is 5.11 Å². The molecule has 16 heavy (non-hydrogen) atoms. The highest BCUT2D eigenvalue weighted by Crippen LogP contribution is 2.30. The highest BCUT2D eigenvalue weighted by Gasteiger charge is 2.25. The van der Waals surface area contributed by atoms with Gasteiger partial charge < -0.3 is 5.73 Å². The lowest BCUT2D eigenvalue weighted by Crippen LogP contribution is -2.26. The molecular weight excluding hydrogens is 220 g/mol. The Morgan fingerprint density at radius 2 is 2.44 bits per heavy atom. The number of hydrazone groups is 1. The normalized spacial score (nSPS) is 22.2. The Morgan fingerprint density at radius 1 is 1.56 bits per heavy atom. The number of thiocarbonyl (C=S) groups is 1. The molecule has 5 heteroatoms. The van der Waals surface area contributed by atoms with Gasteiger partial charge in [0.1, 0.15) is 0 Å². The molecule has 0 radical (unpaired) electrons. The average Bonchev–Trinajstić information content (AvgIpc) is 2.75. The van der Waals surface area contributed by atoms with E-state index in [1.165, 1.54) is 0 Å². The first-order valence-corrected chi connectivity index (χ1v) is 5.71. The van der Waals surface area contributed by atoms with E-state index in [2.05, 4.69) is 15.5 Å². The van der Waals surface area contributed by atoms with E-state index >= 15 is 0 Å². The van der Waals surface area contributed by atoms with Gasteiger partial charge in [0, 0.05) is 23.5 Å². The van der Waals surface area contributed by atoms with E-state index in [1.807, 2.05) is 24.4 Å². The van der Waals surface area contributed by atoms with E-state index in [4.69, 9.17) is 18.0 Å². The maximum absolute atomic E-state index is 5.35. The van der Waals surface area contributed by atoms with Crippen molar-refractivity contribution in [2.45, 2.75) is 25.2 Å². The van der Waals surface area contributed by atoms with Gasteiger partial charge >= 0.3 is 0 Å². The summed E-state index contributed by atoms with van der Waals surface area (Å²) in [6.07, 6.45) is 5.02. The maximum atomic E-state index is 5.35. The van der Waals surface area contributed by atoms with Gasteiger partial charge in [-0.05, 0) is 43.6 Å². The summed E-state index contributed by atoms with van der Waals surface area (Å²) in [5, 5.41) is 4.45. The van der Waals surface area contributed by atoms with Crippen molar-refractivity contribution >= 4 is 23.0 Å². The molecule has 0 amide bonds. The van der Waals surface area contributed by atoms with Crippen molar-refractivity contribution in [2.24, 2.45) is 10.8 Å². The van der Waals surface area contributed by atoms with Gasteiger partial charge in [-0.2, -0.15) is 5.10 Å². The third-order valence-electron chi connectivity index (χ3n) is 2.68. The van der Waals surface area contributed by atoms with Crippen molar-refractivity contribution in [2.75, 3.05) is 0 Å². The van der Waals surface area contributed by atoms with Crippen LogP contribution < -0.4 is 11.2 Å². The Morgan fingerprint density at radius 3 is 3.12 bits per heavy atom. The van der Waals surface area contributed by atoms with E-state index < -0.39 is 0 Å². The Kier molecular flexibility index (Phi) is 3.46. The van der Waals surface area contributed by atoms with Crippen LogP contribution >= 0.6 is 12.2 Å². The molecule has 2 rings (SSSR count). The van der Waals surface area contributed by atoms with Gasteiger partial charge in [-0.1, -0.05) is 6.07 Å². The lowest BCUT2D eigenvalue weighted by Gasteiger charge is -2.10. The highest BCUT2D eigenvalue weighted by molar-refractivity contribution is 7.80. The molecule has 1 aromatic rings. The second-order valence-corrected chi connectivity index (χ2v) is 4.22. The molecule has 0 aromatic carbocycles. The van der Waals surface area contributed by atoms with Crippen LogP contribution in [0.4, 0.5) is 0 Å². The molecule has 84 valence electrons. The molecule has 4 nitrogen and oxygen atoms in total. The molecule has 3 N–H and O–H groups in total. The van der Waals surface area contributed by atoms with Crippen LogP contribution in [0.3, 0.4) is 0 Å². The summed E-state index contributed by atoms with van der Waals surface area (Å²) < 4.78 is 0. The molecule has 0 bridgehead atoms. The third kappa shape index (κ3) is 2.55. The number of rotatable bonds is 2. The van der Waals surface area contributed by atoms with Crippen molar-refractivity contribution in [3.05, 3.63) is 30.1 Å². The molecule has 1 aliphatic rings. The predicted octanol–water partition coefficient (Wildman–Crippen LogP) is 1.54. The van der Waals surface area contributed by atoms with Crippen molar-refractivity contribution < 1.29 is 0 Å². The fourth-order valence-corrected chi connectivity index (χ4v) is 2.04. The number of pyridine rings is 1. The smallest absolute Gasteiger partial charge is 0.184 e. The van der Waals surface area contributed by atoms with Crippen LogP contribution in [0.1, 0.15) is 30.9 Å². The standard InChI is InChI=1S/C11H14N4S/c12-11(16)15-14-10-6-3-4-8(10)9-5-1-2-7-13-9/h1-2,5,7-8H,3-4,6H2,(H3,12,15,16)/b14-10+. The Labute approximate surface area is 99.9 Å². The lowest BCUT2D eigenvalue weighted by atomic mass is 10.0. The number of aromatic nitrogens is 1. The lowest BCUT2D eigenvalue weighted by molar-refractivity contribution is 0.783. The van der Waals surface area contributed by atoms with E-state index in [0.29, 0.717) is 5.92 Å². The molecule has 1 heterocycles. The van der Waals surface area contributed by atoms with Crippen LogP contribution in [0, 0.1) is 0 Å². The van der Waals surface area contributed by atoms with Gasteiger partial charge in [0.2, 0.25) is 0 Å². The van der Waals surface area contributed by atoms with Gasteiger partial charge in [-0.3, -0.25) is 10.4 Å². The van der Waals surface area contributed by atoms with Crippen molar-refractivity contribution in [3.8, 4) is 0 Å². The summed E-state index contributed by atoms with van der Waals surface area (Å²) in [4.78, 5) is 4.37. The second kappa shape index (κ2) is 5.03. The Hall–Kier alpha value is -1.49. The summed E-state index contributed by atoms with van der Waals surface area (Å²) in [7, 11) is 0. The molecule has 1 atom stereocenters. The molecule has 0 spiro atoms. The van der Waals surface area contributed by atoms with Gasteiger partial charge in [0.05, 0.1) is 0 Å². The quantitative estimate of drug-likeness (QED) is 0.602. The minimum absolute atomic E-state index is 0.208. The fraction of sp³-hybridized carbons (Fsp3) is 0.364. The first kappa shape index (κ1) is 11.0. The van der Waals surface area contributed by atoms with Crippen LogP contribution in [0.5, 0.6) is 0 Å².